The van der Waals surface area contributed by atoms with Crippen LogP contribution < -0.4 is 10.1 Å². The van der Waals surface area contributed by atoms with Crippen LogP contribution in [0.5, 0.6) is 5.75 Å². The summed E-state index contributed by atoms with van der Waals surface area (Å²) < 4.78 is 33.3. The molecule has 0 saturated carbocycles. The Balaban J connectivity index is 1.14. The van der Waals surface area contributed by atoms with Crippen LogP contribution in [0.1, 0.15) is 43.0 Å². The van der Waals surface area contributed by atoms with Crippen LogP contribution in [0.3, 0.4) is 0 Å². The normalized spacial score (nSPS) is 23.4. The van der Waals surface area contributed by atoms with Gasteiger partial charge in [0.2, 0.25) is 11.8 Å². The third kappa shape index (κ3) is 5.70. The van der Waals surface area contributed by atoms with E-state index in [1.165, 1.54) is 12.3 Å². The Kier molecular flexibility index (Phi) is 7.85. The summed E-state index contributed by atoms with van der Waals surface area (Å²) >= 11 is 0. The Morgan fingerprint density at radius 1 is 1.18 bits per heavy atom. The van der Waals surface area contributed by atoms with Crippen LogP contribution in [0.15, 0.2) is 30.5 Å². The summed E-state index contributed by atoms with van der Waals surface area (Å²) in [4.78, 5) is 47.0. The first-order valence-electron chi connectivity index (χ1n) is 13.6. The van der Waals surface area contributed by atoms with Crippen LogP contribution in [-0.4, -0.2) is 101 Å². The summed E-state index contributed by atoms with van der Waals surface area (Å²) in [5.41, 5.74) is 0.834. The van der Waals surface area contributed by atoms with Crippen LogP contribution in [0.25, 0.3) is 10.9 Å². The van der Waals surface area contributed by atoms with Crippen molar-refractivity contribution in [3.8, 4) is 11.8 Å². The van der Waals surface area contributed by atoms with E-state index in [0.29, 0.717) is 41.8 Å². The van der Waals surface area contributed by atoms with Crippen molar-refractivity contribution in [1.82, 2.24) is 25.0 Å². The van der Waals surface area contributed by atoms with Gasteiger partial charge in [-0.25, -0.2) is 8.78 Å². The number of fused-ring (bicyclic) bond motifs is 3. The number of nitrogens with one attached hydrogen (secondary N) is 1. The molecule has 1 N–H and O–H groups in total. The average molecular weight is 555 g/mol. The summed E-state index contributed by atoms with van der Waals surface area (Å²) in [5.74, 6) is -3.62. The van der Waals surface area contributed by atoms with Crippen molar-refractivity contribution in [2.75, 3.05) is 39.3 Å². The first-order chi connectivity index (χ1) is 19.2. The van der Waals surface area contributed by atoms with Crippen molar-refractivity contribution >= 4 is 28.6 Å². The van der Waals surface area contributed by atoms with Crippen molar-refractivity contribution in [2.24, 2.45) is 0 Å². The molecular weight excluding hydrogens is 522 g/mol. The minimum absolute atomic E-state index is 0.227. The lowest BCUT2D eigenvalue weighted by atomic mass is 10.1. The topological polar surface area (TPSA) is 119 Å². The van der Waals surface area contributed by atoms with Gasteiger partial charge in [0, 0.05) is 56.1 Å². The van der Waals surface area contributed by atoms with E-state index >= 15 is 0 Å². The SMILES string of the molecule is CCC(=O)N1C[C@H]2C[C@@H]1CN2CCCOc1ccc2nccc(C(=O)NCC(=O)N3CC(F)(F)CC3C#N)c2c1. The number of nitriles is 1. The molecule has 3 aliphatic rings. The van der Waals surface area contributed by atoms with Gasteiger partial charge in [0.1, 0.15) is 11.8 Å². The fourth-order valence-corrected chi connectivity index (χ4v) is 5.95. The second-order valence-corrected chi connectivity index (χ2v) is 10.6. The zero-order valence-corrected chi connectivity index (χ0v) is 22.3. The molecular formula is C28H32F2N6O4. The van der Waals surface area contributed by atoms with Gasteiger partial charge < -0.3 is 19.9 Å². The Labute approximate surface area is 230 Å². The maximum absolute atomic E-state index is 13.7. The van der Waals surface area contributed by atoms with Crippen molar-refractivity contribution in [2.45, 2.75) is 56.7 Å². The van der Waals surface area contributed by atoms with Crippen LogP contribution in [0.2, 0.25) is 0 Å². The molecule has 12 heteroatoms. The number of carbonyl (C=O) groups excluding carboxylic acids is 3. The highest BCUT2D eigenvalue weighted by Gasteiger charge is 2.47. The lowest BCUT2D eigenvalue weighted by Gasteiger charge is -2.34. The maximum atomic E-state index is 13.7. The van der Waals surface area contributed by atoms with Gasteiger partial charge in [-0.2, -0.15) is 5.26 Å². The first-order valence-corrected chi connectivity index (χ1v) is 13.6. The van der Waals surface area contributed by atoms with Crippen LogP contribution >= 0.6 is 0 Å². The van der Waals surface area contributed by atoms with Crippen LogP contribution in [0.4, 0.5) is 8.78 Å². The van der Waals surface area contributed by atoms with Gasteiger partial charge in [0.15, 0.2) is 0 Å². The number of alkyl halides is 2. The lowest BCUT2D eigenvalue weighted by molar-refractivity contribution is -0.133. The van der Waals surface area contributed by atoms with E-state index in [9.17, 15) is 23.2 Å². The van der Waals surface area contributed by atoms with Gasteiger partial charge in [-0.05, 0) is 37.1 Å². The molecule has 5 rings (SSSR count). The maximum Gasteiger partial charge on any atom is 0.268 e. The molecule has 2 aromatic rings. The van der Waals surface area contributed by atoms with E-state index in [-0.39, 0.29) is 11.5 Å². The predicted molar refractivity (Wildman–Crippen MR) is 141 cm³/mol. The number of likely N-dealkylation sites (tertiary alicyclic amines) is 3. The highest BCUT2D eigenvalue weighted by Crippen LogP contribution is 2.32. The second-order valence-electron chi connectivity index (χ2n) is 10.6. The number of rotatable bonds is 9. The van der Waals surface area contributed by atoms with E-state index in [1.54, 1.807) is 24.3 Å². The summed E-state index contributed by atoms with van der Waals surface area (Å²) in [7, 11) is 0. The van der Waals surface area contributed by atoms with Crippen molar-refractivity contribution in [1.29, 1.82) is 5.26 Å². The number of pyridine rings is 1. The number of hydrogen-bond acceptors (Lipinski definition) is 7. The summed E-state index contributed by atoms with van der Waals surface area (Å²) in [6.45, 7) is 3.61. The van der Waals surface area contributed by atoms with Crippen LogP contribution in [0, 0.1) is 11.3 Å². The van der Waals surface area contributed by atoms with Gasteiger partial charge >= 0.3 is 0 Å². The second kappa shape index (κ2) is 11.3. The third-order valence-corrected chi connectivity index (χ3v) is 7.93. The number of piperazine rings is 1. The molecule has 0 radical (unpaired) electrons. The van der Waals surface area contributed by atoms with Crippen LogP contribution in [-0.2, 0) is 9.59 Å². The minimum Gasteiger partial charge on any atom is -0.494 e. The summed E-state index contributed by atoms with van der Waals surface area (Å²) in [6.07, 6.45) is 3.15. The molecule has 1 aromatic carbocycles. The Bertz CT molecular complexity index is 1350. The van der Waals surface area contributed by atoms with E-state index in [2.05, 4.69) is 15.2 Å². The van der Waals surface area contributed by atoms with Crippen molar-refractivity contribution in [3.05, 3.63) is 36.0 Å². The number of halogens is 2. The molecule has 3 aliphatic heterocycles. The zero-order chi connectivity index (χ0) is 28.4. The number of aromatic nitrogens is 1. The molecule has 1 aromatic heterocycles. The molecule has 3 atom stereocenters. The molecule has 0 aliphatic carbocycles. The van der Waals surface area contributed by atoms with Crippen molar-refractivity contribution < 1.29 is 27.9 Å². The molecule has 2 bridgehead atoms. The van der Waals surface area contributed by atoms with E-state index < -0.39 is 43.3 Å². The summed E-state index contributed by atoms with van der Waals surface area (Å²) in [6, 6.07) is 7.99. The first kappa shape index (κ1) is 27.7. The molecule has 3 saturated heterocycles. The molecule has 1 unspecified atom stereocenters. The smallest absolute Gasteiger partial charge is 0.268 e. The zero-order valence-electron chi connectivity index (χ0n) is 22.3. The third-order valence-electron chi connectivity index (χ3n) is 7.93. The molecule has 3 amide bonds. The molecule has 4 heterocycles. The molecule has 3 fully saturated rings. The highest BCUT2D eigenvalue weighted by molar-refractivity contribution is 6.07. The highest BCUT2D eigenvalue weighted by atomic mass is 19.3. The van der Waals surface area contributed by atoms with Gasteiger partial charge in [0.05, 0.1) is 36.8 Å². The Hall–Kier alpha value is -3.85. The summed E-state index contributed by atoms with van der Waals surface area (Å²) in [5, 5.41) is 12.1. The minimum atomic E-state index is -3.12. The monoisotopic (exact) mass is 554 g/mol. The van der Waals surface area contributed by atoms with Gasteiger partial charge in [-0.15, -0.1) is 0 Å². The lowest BCUT2D eigenvalue weighted by Crippen LogP contribution is -2.48. The van der Waals surface area contributed by atoms with Gasteiger partial charge in [-0.1, -0.05) is 6.92 Å². The van der Waals surface area contributed by atoms with Crippen molar-refractivity contribution in [3.63, 3.8) is 0 Å². The van der Waals surface area contributed by atoms with Gasteiger partial charge in [-0.3, -0.25) is 24.3 Å². The number of amides is 3. The molecule has 0 spiro atoms. The Morgan fingerprint density at radius 3 is 2.73 bits per heavy atom. The molecule has 10 nitrogen and oxygen atoms in total. The number of benzene rings is 1. The molecule has 40 heavy (non-hydrogen) atoms. The largest absolute Gasteiger partial charge is 0.494 e. The fourth-order valence-electron chi connectivity index (χ4n) is 5.95. The number of carbonyl (C=O) groups is 3. The fraction of sp³-hybridized carbons (Fsp3) is 0.536. The van der Waals surface area contributed by atoms with E-state index in [4.69, 9.17) is 10.00 Å². The van der Waals surface area contributed by atoms with E-state index in [1.807, 2.05) is 11.8 Å². The van der Waals surface area contributed by atoms with E-state index in [0.717, 1.165) is 37.4 Å². The quantitative estimate of drug-likeness (QED) is 0.472. The number of hydrogen-bond donors (Lipinski definition) is 1. The predicted octanol–water partition coefficient (Wildman–Crippen LogP) is 2.19. The number of ether oxygens (including phenoxy) is 1. The average Bonchev–Trinajstić information content (AvgIpc) is 3.64. The van der Waals surface area contributed by atoms with Gasteiger partial charge in [0.25, 0.3) is 11.8 Å². The Morgan fingerprint density at radius 2 is 2.00 bits per heavy atom. The molecule has 212 valence electrons. The number of nitrogens with zero attached hydrogens (tertiary/aromatic N) is 5. The standard InChI is InChI=1S/C28H32F2N6O4/c1-2-25(37)35-16-18-10-19(35)15-34(18)8-3-9-40-21-4-5-24-23(11-21)22(6-7-32-24)27(39)33-14-26(38)36-17-28(29,30)12-20(36)13-31/h4-7,11,18-20H,2-3,8-10,12,14-17H2,1H3,(H,33,39)/t18-,19-,20?/m1/s1.